The van der Waals surface area contributed by atoms with Crippen LogP contribution in [0, 0.1) is 11.8 Å². The molecule has 1 N–H and O–H groups in total. The second-order valence-corrected chi connectivity index (χ2v) is 6.63. The Morgan fingerprint density at radius 2 is 1.81 bits per heavy atom. The van der Waals surface area contributed by atoms with E-state index in [1.807, 2.05) is 47.9 Å². The number of fused-ring (bicyclic) bond motifs is 2. The fourth-order valence-electron chi connectivity index (χ4n) is 3.82. The summed E-state index contributed by atoms with van der Waals surface area (Å²) < 4.78 is 1.89. The summed E-state index contributed by atoms with van der Waals surface area (Å²) in [6.45, 7) is 2.35. The summed E-state index contributed by atoms with van der Waals surface area (Å²) in [5.41, 5.74) is 1.71. The highest BCUT2D eigenvalue weighted by Gasteiger charge is 2.47. The lowest BCUT2D eigenvalue weighted by Gasteiger charge is -2.14. The molecule has 0 radical (unpaired) electrons. The number of para-hydroxylation sites is 2. The minimum absolute atomic E-state index is 0.247. The molecule has 0 unspecified atom stereocenters. The van der Waals surface area contributed by atoms with Crippen LogP contribution in [-0.4, -0.2) is 38.7 Å². The first kappa shape index (κ1) is 16.5. The molecule has 3 amide bonds. The molecule has 0 spiro atoms. The van der Waals surface area contributed by atoms with Crippen LogP contribution in [0.2, 0.25) is 0 Å². The Morgan fingerprint density at radius 1 is 1.15 bits per heavy atom. The van der Waals surface area contributed by atoms with E-state index >= 15 is 0 Å². The zero-order chi connectivity index (χ0) is 18.3. The second-order valence-electron chi connectivity index (χ2n) is 6.63. The number of anilines is 1. The van der Waals surface area contributed by atoms with Crippen molar-refractivity contribution in [3.05, 3.63) is 36.4 Å². The number of hydrogen-bond acceptors (Lipinski definition) is 4. The number of carbonyl (C=O) groups excluding carboxylic acids is 3. The van der Waals surface area contributed by atoms with Gasteiger partial charge in [-0.2, -0.15) is 0 Å². The van der Waals surface area contributed by atoms with Crippen molar-refractivity contribution in [2.75, 3.05) is 11.9 Å². The maximum absolute atomic E-state index is 12.5. The fourth-order valence-corrected chi connectivity index (χ4v) is 3.82. The van der Waals surface area contributed by atoms with Crippen molar-refractivity contribution in [1.29, 1.82) is 0 Å². The number of imidazole rings is 1. The minimum Gasteiger partial charge on any atom is -0.310 e. The summed E-state index contributed by atoms with van der Waals surface area (Å²) in [6, 6.07) is 7.62. The molecule has 26 heavy (non-hydrogen) atoms. The van der Waals surface area contributed by atoms with Crippen LogP contribution in [0.1, 0.15) is 19.8 Å². The van der Waals surface area contributed by atoms with E-state index < -0.39 is 5.91 Å². The maximum atomic E-state index is 12.5. The van der Waals surface area contributed by atoms with Crippen LogP contribution in [0.25, 0.3) is 11.0 Å². The molecular weight excluding hydrogens is 332 g/mol. The van der Waals surface area contributed by atoms with Crippen molar-refractivity contribution in [2.24, 2.45) is 11.8 Å². The summed E-state index contributed by atoms with van der Waals surface area (Å²) in [5, 5.41) is 2.75. The topological polar surface area (TPSA) is 84.3 Å². The van der Waals surface area contributed by atoms with Crippen molar-refractivity contribution in [3.8, 4) is 0 Å². The van der Waals surface area contributed by atoms with E-state index in [2.05, 4.69) is 10.3 Å². The van der Waals surface area contributed by atoms with Crippen LogP contribution in [0.15, 0.2) is 36.4 Å². The van der Waals surface area contributed by atoms with Gasteiger partial charge in [0, 0.05) is 6.54 Å². The van der Waals surface area contributed by atoms with Gasteiger partial charge in [0.15, 0.2) is 0 Å². The van der Waals surface area contributed by atoms with E-state index in [0.717, 1.165) is 15.9 Å². The van der Waals surface area contributed by atoms with Gasteiger partial charge in [-0.05, 0) is 31.9 Å². The zero-order valence-corrected chi connectivity index (χ0v) is 14.5. The van der Waals surface area contributed by atoms with E-state index in [1.165, 1.54) is 0 Å². The maximum Gasteiger partial charge on any atom is 0.246 e. The second kappa shape index (κ2) is 6.40. The number of amides is 3. The van der Waals surface area contributed by atoms with Crippen molar-refractivity contribution in [1.82, 2.24) is 14.5 Å². The normalized spacial score (nSPS) is 22.1. The monoisotopic (exact) mass is 352 g/mol. The molecule has 1 aromatic heterocycles. The van der Waals surface area contributed by atoms with Crippen LogP contribution < -0.4 is 5.32 Å². The first-order chi connectivity index (χ1) is 12.6. The first-order valence-electron chi connectivity index (χ1n) is 8.85. The van der Waals surface area contributed by atoms with Crippen LogP contribution in [-0.2, 0) is 20.9 Å². The molecule has 0 saturated carbocycles. The van der Waals surface area contributed by atoms with Crippen LogP contribution in [0.3, 0.4) is 0 Å². The van der Waals surface area contributed by atoms with Crippen molar-refractivity contribution < 1.29 is 14.4 Å². The Balaban J connectivity index is 1.51. The van der Waals surface area contributed by atoms with Gasteiger partial charge < -0.3 is 4.57 Å². The Labute approximate surface area is 150 Å². The summed E-state index contributed by atoms with van der Waals surface area (Å²) >= 11 is 0. The summed E-state index contributed by atoms with van der Waals surface area (Å²) in [5.74, 6) is -1.12. The van der Waals surface area contributed by atoms with Crippen molar-refractivity contribution in [2.45, 2.75) is 26.3 Å². The average Bonchev–Trinajstić information content (AvgIpc) is 3.12. The molecule has 134 valence electrons. The zero-order valence-electron chi connectivity index (χ0n) is 14.5. The lowest BCUT2D eigenvalue weighted by Crippen LogP contribution is -2.38. The van der Waals surface area contributed by atoms with Gasteiger partial charge in [0.2, 0.25) is 23.7 Å². The molecule has 1 saturated heterocycles. The van der Waals surface area contributed by atoms with E-state index in [4.69, 9.17) is 0 Å². The molecule has 1 aliphatic carbocycles. The number of nitrogens with one attached hydrogen (secondary N) is 1. The quantitative estimate of drug-likeness (QED) is 0.673. The van der Waals surface area contributed by atoms with Crippen molar-refractivity contribution in [3.63, 3.8) is 0 Å². The number of aromatic nitrogens is 2. The number of likely N-dealkylation sites (tertiary alicyclic amines) is 1. The van der Waals surface area contributed by atoms with Crippen LogP contribution in [0.5, 0.6) is 0 Å². The molecule has 2 aliphatic rings. The van der Waals surface area contributed by atoms with Gasteiger partial charge in [-0.15, -0.1) is 0 Å². The van der Waals surface area contributed by atoms with Gasteiger partial charge in [-0.25, -0.2) is 4.98 Å². The summed E-state index contributed by atoms with van der Waals surface area (Å²) in [4.78, 5) is 43.0. The van der Waals surface area contributed by atoms with Crippen LogP contribution >= 0.6 is 0 Å². The number of rotatable bonds is 4. The van der Waals surface area contributed by atoms with Gasteiger partial charge in [0.1, 0.15) is 6.54 Å². The number of imide groups is 1. The fraction of sp³-hybridized carbons (Fsp3) is 0.368. The highest BCUT2D eigenvalue weighted by Crippen LogP contribution is 2.34. The Hall–Kier alpha value is -2.96. The molecule has 2 heterocycles. The van der Waals surface area contributed by atoms with Crippen LogP contribution in [0.4, 0.5) is 5.95 Å². The van der Waals surface area contributed by atoms with Gasteiger partial charge in [0.05, 0.1) is 22.9 Å². The van der Waals surface area contributed by atoms with E-state index in [-0.39, 0.29) is 30.2 Å². The number of nitrogens with zero attached hydrogens (tertiary/aromatic N) is 3. The molecule has 4 rings (SSSR count). The van der Waals surface area contributed by atoms with E-state index in [1.54, 1.807) is 0 Å². The highest BCUT2D eigenvalue weighted by atomic mass is 16.2. The number of benzene rings is 1. The number of hydrogen-bond donors (Lipinski definition) is 1. The lowest BCUT2D eigenvalue weighted by atomic mass is 9.85. The third-order valence-corrected chi connectivity index (χ3v) is 5.12. The predicted octanol–water partition coefficient (Wildman–Crippen LogP) is 1.95. The average molecular weight is 352 g/mol. The lowest BCUT2D eigenvalue weighted by molar-refractivity contribution is -0.142. The van der Waals surface area contributed by atoms with E-state index in [0.29, 0.717) is 25.3 Å². The van der Waals surface area contributed by atoms with Gasteiger partial charge in [-0.1, -0.05) is 24.3 Å². The molecule has 1 fully saturated rings. The third kappa shape index (κ3) is 2.60. The van der Waals surface area contributed by atoms with Gasteiger partial charge in [-0.3, -0.25) is 24.6 Å². The molecule has 0 bridgehead atoms. The molecular formula is C19H20N4O3. The van der Waals surface area contributed by atoms with Gasteiger partial charge in [0.25, 0.3) is 0 Å². The SMILES string of the molecule is CCn1c(NC(=O)CN2C(=O)[C@@H]3CC=CC[C@H]3C2=O)nc2ccccc21. The molecule has 2 atom stereocenters. The molecule has 2 aromatic rings. The molecule has 1 aromatic carbocycles. The largest absolute Gasteiger partial charge is 0.310 e. The Kier molecular flexibility index (Phi) is 4.06. The number of carbonyl (C=O) groups is 3. The third-order valence-electron chi connectivity index (χ3n) is 5.12. The first-order valence-corrected chi connectivity index (χ1v) is 8.85. The number of aryl methyl sites for hydroxylation is 1. The summed E-state index contributed by atoms with van der Waals surface area (Å²) in [6.07, 6.45) is 5.00. The Bertz CT molecular complexity index is 904. The van der Waals surface area contributed by atoms with Crippen molar-refractivity contribution >= 4 is 34.7 Å². The molecule has 1 aliphatic heterocycles. The predicted molar refractivity (Wildman–Crippen MR) is 96.1 cm³/mol. The highest BCUT2D eigenvalue weighted by molar-refractivity contribution is 6.08. The smallest absolute Gasteiger partial charge is 0.246 e. The minimum atomic E-state index is -0.414. The molecule has 7 heteroatoms. The molecule has 7 nitrogen and oxygen atoms in total. The van der Waals surface area contributed by atoms with E-state index in [9.17, 15) is 14.4 Å². The standard InChI is InChI=1S/C19H20N4O3/c1-2-22-15-10-6-5-9-14(15)20-19(22)21-16(24)11-23-17(25)12-7-3-4-8-13(12)18(23)26/h3-6,9-10,12-13H,2,7-8,11H2,1H3,(H,20,21,24)/t12-,13-/m1/s1. The summed E-state index contributed by atoms with van der Waals surface area (Å²) in [7, 11) is 0. The Morgan fingerprint density at radius 3 is 2.46 bits per heavy atom. The van der Waals surface area contributed by atoms with Gasteiger partial charge >= 0.3 is 0 Å². The number of allylic oxidation sites excluding steroid dienone is 2.